The summed E-state index contributed by atoms with van der Waals surface area (Å²) in [5.74, 6) is 0.697. The number of rotatable bonds is 2. The van der Waals surface area contributed by atoms with Crippen molar-refractivity contribution in [2.24, 2.45) is 11.0 Å². The van der Waals surface area contributed by atoms with Crippen LogP contribution in [0.3, 0.4) is 0 Å². The molecular formula is C8H16N2. The minimum Gasteiger partial charge on any atom is -0.294 e. The first kappa shape index (κ1) is 7.58. The first-order valence-corrected chi connectivity index (χ1v) is 4.04. The smallest absolute Gasteiger partial charge is 0.0441 e. The molecule has 1 rings (SSSR count). The molecule has 1 atom stereocenters. The topological polar surface area (TPSA) is 15.6 Å². The van der Waals surface area contributed by atoms with E-state index in [1.807, 2.05) is 0 Å². The van der Waals surface area contributed by atoms with E-state index in [2.05, 4.69) is 37.1 Å². The summed E-state index contributed by atoms with van der Waals surface area (Å²) >= 11 is 0. The molecule has 0 amide bonds. The van der Waals surface area contributed by atoms with Gasteiger partial charge in [-0.25, -0.2) is 0 Å². The fourth-order valence-corrected chi connectivity index (χ4v) is 1.09. The number of nitrogens with zero attached hydrogens (tertiary/aromatic N) is 2. The molecule has 0 saturated carbocycles. The fraction of sp³-hybridized carbons (Fsp3) is 0.875. The Morgan fingerprint density at radius 1 is 1.70 bits per heavy atom. The normalized spacial score (nSPS) is 24.8. The molecule has 1 unspecified atom stereocenters. The summed E-state index contributed by atoms with van der Waals surface area (Å²) in [6.45, 7) is 7.68. The Labute approximate surface area is 62.9 Å². The van der Waals surface area contributed by atoms with Crippen molar-refractivity contribution in [1.82, 2.24) is 5.01 Å². The van der Waals surface area contributed by atoms with Gasteiger partial charge in [-0.2, -0.15) is 5.10 Å². The van der Waals surface area contributed by atoms with E-state index in [9.17, 15) is 0 Å². The van der Waals surface area contributed by atoms with E-state index in [0.717, 1.165) is 6.54 Å². The third-order valence-electron chi connectivity index (χ3n) is 1.97. The molecule has 2 nitrogen and oxygen atoms in total. The summed E-state index contributed by atoms with van der Waals surface area (Å²) < 4.78 is 0. The Morgan fingerprint density at radius 3 is 2.70 bits per heavy atom. The van der Waals surface area contributed by atoms with Crippen LogP contribution in [-0.4, -0.2) is 23.8 Å². The van der Waals surface area contributed by atoms with Gasteiger partial charge in [0.05, 0.1) is 0 Å². The van der Waals surface area contributed by atoms with Gasteiger partial charge in [0.15, 0.2) is 0 Å². The molecule has 0 aromatic carbocycles. The van der Waals surface area contributed by atoms with Crippen LogP contribution in [0.1, 0.15) is 27.2 Å². The Morgan fingerprint density at radius 2 is 2.40 bits per heavy atom. The lowest BCUT2D eigenvalue weighted by Gasteiger charge is -2.19. The molecule has 1 heterocycles. The molecule has 10 heavy (non-hydrogen) atoms. The van der Waals surface area contributed by atoms with Crippen LogP contribution in [0.5, 0.6) is 0 Å². The zero-order chi connectivity index (χ0) is 7.56. The molecule has 0 aromatic rings. The third-order valence-corrected chi connectivity index (χ3v) is 1.97. The molecular weight excluding hydrogens is 124 g/mol. The summed E-state index contributed by atoms with van der Waals surface area (Å²) in [5.41, 5.74) is 0. The van der Waals surface area contributed by atoms with Crippen LogP contribution in [0.15, 0.2) is 5.10 Å². The van der Waals surface area contributed by atoms with Gasteiger partial charge in [0.2, 0.25) is 0 Å². The van der Waals surface area contributed by atoms with Crippen molar-refractivity contribution in [3.63, 3.8) is 0 Å². The quantitative estimate of drug-likeness (QED) is 0.570. The van der Waals surface area contributed by atoms with Crippen LogP contribution in [0.25, 0.3) is 0 Å². The lowest BCUT2D eigenvalue weighted by atomic mass is 10.1. The maximum atomic E-state index is 4.30. The molecule has 1 aliphatic rings. The second kappa shape index (κ2) is 3.04. The largest absolute Gasteiger partial charge is 0.294 e. The van der Waals surface area contributed by atoms with Crippen LogP contribution in [0.2, 0.25) is 0 Å². The van der Waals surface area contributed by atoms with Crippen LogP contribution < -0.4 is 0 Å². The predicted molar refractivity (Wildman–Crippen MR) is 44.1 cm³/mol. The van der Waals surface area contributed by atoms with E-state index in [1.54, 1.807) is 0 Å². The van der Waals surface area contributed by atoms with Crippen molar-refractivity contribution in [3.8, 4) is 0 Å². The first-order chi connectivity index (χ1) is 4.74. The number of hydrogen-bond acceptors (Lipinski definition) is 2. The molecule has 0 aliphatic carbocycles. The summed E-state index contributed by atoms with van der Waals surface area (Å²) in [4.78, 5) is 0. The number of hydrazone groups is 1. The molecule has 2 heteroatoms. The standard InChI is InChI=1S/C8H16N2/c1-4-8-5-9-10(6-8)7(2)3/h5,7-8H,4,6H2,1-3H3. The zero-order valence-corrected chi connectivity index (χ0v) is 7.04. The first-order valence-electron chi connectivity index (χ1n) is 4.04. The van der Waals surface area contributed by atoms with Gasteiger partial charge >= 0.3 is 0 Å². The van der Waals surface area contributed by atoms with Gasteiger partial charge in [0, 0.05) is 24.7 Å². The molecule has 0 N–H and O–H groups in total. The fourth-order valence-electron chi connectivity index (χ4n) is 1.09. The van der Waals surface area contributed by atoms with Crippen molar-refractivity contribution in [3.05, 3.63) is 0 Å². The van der Waals surface area contributed by atoms with E-state index in [-0.39, 0.29) is 0 Å². The predicted octanol–water partition coefficient (Wildman–Crippen LogP) is 1.72. The van der Waals surface area contributed by atoms with Gasteiger partial charge in [-0.05, 0) is 20.3 Å². The highest BCUT2D eigenvalue weighted by Crippen LogP contribution is 2.13. The summed E-state index contributed by atoms with van der Waals surface area (Å²) in [5, 5.41) is 6.44. The van der Waals surface area contributed by atoms with Crippen molar-refractivity contribution in [2.75, 3.05) is 6.54 Å². The SMILES string of the molecule is CCC1C=NN(C(C)C)C1. The van der Waals surface area contributed by atoms with Gasteiger partial charge in [0.1, 0.15) is 0 Å². The van der Waals surface area contributed by atoms with Crippen molar-refractivity contribution in [1.29, 1.82) is 0 Å². The van der Waals surface area contributed by atoms with E-state index in [0.29, 0.717) is 12.0 Å². The highest BCUT2D eigenvalue weighted by molar-refractivity contribution is 5.62. The van der Waals surface area contributed by atoms with Gasteiger partial charge in [-0.15, -0.1) is 0 Å². The summed E-state index contributed by atoms with van der Waals surface area (Å²) in [7, 11) is 0. The summed E-state index contributed by atoms with van der Waals surface area (Å²) in [6.07, 6.45) is 3.28. The van der Waals surface area contributed by atoms with Crippen LogP contribution in [0, 0.1) is 5.92 Å². The minimum absolute atomic E-state index is 0.563. The molecule has 0 fully saturated rings. The average molecular weight is 140 g/mol. The Balaban J connectivity index is 2.37. The molecule has 0 bridgehead atoms. The van der Waals surface area contributed by atoms with Crippen molar-refractivity contribution < 1.29 is 0 Å². The Kier molecular flexibility index (Phi) is 2.30. The van der Waals surface area contributed by atoms with Crippen LogP contribution in [0.4, 0.5) is 0 Å². The van der Waals surface area contributed by atoms with E-state index in [1.165, 1.54) is 6.42 Å². The second-order valence-electron chi connectivity index (χ2n) is 3.15. The van der Waals surface area contributed by atoms with E-state index in [4.69, 9.17) is 0 Å². The van der Waals surface area contributed by atoms with Crippen molar-refractivity contribution >= 4 is 6.21 Å². The van der Waals surface area contributed by atoms with Crippen LogP contribution in [-0.2, 0) is 0 Å². The van der Waals surface area contributed by atoms with E-state index < -0.39 is 0 Å². The molecule has 58 valence electrons. The second-order valence-corrected chi connectivity index (χ2v) is 3.15. The lowest BCUT2D eigenvalue weighted by Crippen LogP contribution is -2.25. The Hall–Kier alpha value is -0.530. The third kappa shape index (κ3) is 1.49. The average Bonchev–Trinajstić information content (AvgIpc) is 2.34. The maximum Gasteiger partial charge on any atom is 0.0441 e. The molecule has 0 spiro atoms. The van der Waals surface area contributed by atoms with Gasteiger partial charge < -0.3 is 0 Å². The Bertz CT molecular complexity index is 129. The summed E-state index contributed by atoms with van der Waals surface area (Å²) in [6, 6.07) is 0.563. The highest BCUT2D eigenvalue weighted by atomic mass is 15.5. The zero-order valence-electron chi connectivity index (χ0n) is 7.04. The van der Waals surface area contributed by atoms with Crippen molar-refractivity contribution in [2.45, 2.75) is 33.2 Å². The molecule has 0 saturated heterocycles. The highest BCUT2D eigenvalue weighted by Gasteiger charge is 2.17. The molecule has 0 aromatic heterocycles. The lowest BCUT2D eigenvalue weighted by molar-refractivity contribution is 0.239. The van der Waals surface area contributed by atoms with Gasteiger partial charge in [0.25, 0.3) is 0 Å². The molecule has 1 aliphatic heterocycles. The monoisotopic (exact) mass is 140 g/mol. The van der Waals surface area contributed by atoms with E-state index >= 15 is 0 Å². The van der Waals surface area contributed by atoms with Gasteiger partial charge in [-0.3, -0.25) is 5.01 Å². The van der Waals surface area contributed by atoms with Crippen LogP contribution >= 0.6 is 0 Å². The maximum absolute atomic E-state index is 4.30. The number of hydrogen-bond donors (Lipinski definition) is 0. The minimum atomic E-state index is 0.563. The molecule has 0 radical (unpaired) electrons. The van der Waals surface area contributed by atoms with Gasteiger partial charge in [-0.1, -0.05) is 6.92 Å².